The van der Waals surface area contributed by atoms with Gasteiger partial charge in [-0.15, -0.1) is 16.4 Å². The SMILES string of the molecule is CCCn1nnnc1CN1CCN(Cc2csc(-c3ccccc3)n2)CC1. The van der Waals surface area contributed by atoms with E-state index in [1.807, 2.05) is 10.7 Å². The second-order valence-corrected chi connectivity index (χ2v) is 7.74. The Balaban J connectivity index is 1.28. The molecule has 0 atom stereocenters. The average Bonchev–Trinajstić information content (AvgIpc) is 3.34. The predicted molar refractivity (Wildman–Crippen MR) is 106 cm³/mol. The van der Waals surface area contributed by atoms with Crippen LogP contribution in [-0.2, 0) is 19.6 Å². The Morgan fingerprint density at radius 3 is 2.48 bits per heavy atom. The molecule has 0 unspecified atom stereocenters. The van der Waals surface area contributed by atoms with E-state index in [-0.39, 0.29) is 0 Å². The van der Waals surface area contributed by atoms with Gasteiger partial charge >= 0.3 is 0 Å². The number of rotatable bonds is 7. The van der Waals surface area contributed by atoms with Crippen molar-refractivity contribution in [3.8, 4) is 10.6 Å². The van der Waals surface area contributed by atoms with Crippen molar-refractivity contribution < 1.29 is 0 Å². The van der Waals surface area contributed by atoms with Crippen molar-refractivity contribution in [2.24, 2.45) is 0 Å². The van der Waals surface area contributed by atoms with Crippen molar-refractivity contribution in [3.63, 3.8) is 0 Å². The van der Waals surface area contributed by atoms with Gasteiger partial charge in [-0.1, -0.05) is 37.3 Å². The molecule has 1 fully saturated rings. The number of piperazine rings is 1. The summed E-state index contributed by atoms with van der Waals surface area (Å²) in [7, 11) is 0. The first-order chi connectivity index (χ1) is 13.3. The summed E-state index contributed by atoms with van der Waals surface area (Å²) < 4.78 is 1.92. The molecule has 0 N–H and O–H groups in total. The molecule has 7 nitrogen and oxygen atoms in total. The normalized spacial score (nSPS) is 16.0. The largest absolute Gasteiger partial charge is 0.295 e. The molecule has 1 aliphatic heterocycles. The standard InChI is InChI=1S/C19H25N7S/c1-2-8-26-18(21-22-23-26)14-25-11-9-24(10-12-25)13-17-15-27-19(20-17)16-6-4-3-5-7-16/h3-7,15H,2,8-14H2,1H3. The van der Waals surface area contributed by atoms with Crippen LogP contribution in [0.4, 0.5) is 0 Å². The molecule has 27 heavy (non-hydrogen) atoms. The van der Waals surface area contributed by atoms with Gasteiger partial charge in [0, 0.05) is 50.2 Å². The summed E-state index contributed by atoms with van der Waals surface area (Å²) >= 11 is 1.73. The van der Waals surface area contributed by atoms with Crippen molar-refractivity contribution >= 4 is 11.3 Å². The first-order valence-corrected chi connectivity index (χ1v) is 10.4. The van der Waals surface area contributed by atoms with Crippen LogP contribution in [0.25, 0.3) is 10.6 Å². The van der Waals surface area contributed by atoms with E-state index in [9.17, 15) is 0 Å². The van der Waals surface area contributed by atoms with Gasteiger partial charge in [0.1, 0.15) is 5.01 Å². The van der Waals surface area contributed by atoms with Gasteiger partial charge in [-0.3, -0.25) is 9.80 Å². The summed E-state index contributed by atoms with van der Waals surface area (Å²) in [6.45, 7) is 8.95. The van der Waals surface area contributed by atoms with Crippen molar-refractivity contribution in [3.05, 3.63) is 47.2 Å². The Hall–Kier alpha value is -2.16. The maximum absolute atomic E-state index is 4.82. The van der Waals surface area contributed by atoms with Crippen LogP contribution in [0.3, 0.4) is 0 Å². The molecule has 0 bridgehead atoms. The first-order valence-electron chi connectivity index (χ1n) is 9.51. The van der Waals surface area contributed by atoms with Gasteiger partial charge in [0.15, 0.2) is 5.82 Å². The number of hydrogen-bond acceptors (Lipinski definition) is 7. The highest BCUT2D eigenvalue weighted by Gasteiger charge is 2.20. The Labute approximate surface area is 163 Å². The minimum absolute atomic E-state index is 0.829. The van der Waals surface area contributed by atoms with Crippen LogP contribution in [0.2, 0.25) is 0 Å². The monoisotopic (exact) mass is 383 g/mol. The quantitative estimate of drug-likeness (QED) is 0.625. The lowest BCUT2D eigenvalue weighted by Crippen LogP contribution is -2.45. The fourth-order valence-electron chi connectivity index (χ4n) is 3.35. The van der Waals surface area contributed by atoms with Crippen molar-refractivity contribution in [1.82, 2.24) is 35.0 Å². The van der Waals surface area contributed by atoms with Gasteiger partial charge in [0.25, 0.3) is 0 Å². The third-order valence-corrected chi connectivity index (χ3v) is 5.77. The topological polar surface area (TPSA) is 63.0 Å². The Morgan fingerprint density at radius 1 is 1.00 bits per heavy atom. The maximum atomic E-state index is 4.82. The highest BCUT2D eigenvalue weighted by atomic mass is 32.1. The van der Waals surface area contributed by atoms with Gasteiger partial charge in [-0.2, -0.15) is 0 Å². The second-order valence-electron chi connectivity index (χ2n) is 6.88. The highest BCUT2D eigenvalue weighted by molar-refractivity contribution is 7.13. The molecule has 2 aromatic heterocycles. The molecule has 142 valence electrons. The zero-order valence-corrected chi connectivity index (χ0v) is 16.5. The Bertz CT molecular complexity index is 837. The van der Waals surface area contributed by atoms with E-state index in [0.717, 1.165) is 63.1 Å². The summed E-state index contributed by atoms with van der Waals surface area (Å²) in [6, 6.07) is 10.4. The van der Waals surface area contributed by atoms with Gasteiger partial charge < -0.3 is 0 Å². The van der Waals surface area contributed by atoms with E-state index >= 15 is 0 Å². The summed E-state index contributed by atoms with van der Waals surface area (Å²) in [5.74, 6) is 0.970. The number of nitrogens with zero attached hydrogens (tertiary/aromatic N) is 7. The van der Waals surface area contributed by atoms with E-state index < -0.39 is 0 Å². The van der Waals surface area contributed by atoms with Crippen LogP contribution in [0.5, 0.6) is 0 Å². The van der Waals surface area contributed by atoms with E-state index in [1.54, 1.807) is 11.3 Å². The van der Waals surface area contributed by atoms with E-state index in [4.69, 9.17) is 4.98 Å². The first kappa shape index (κ1) is 18.2. The number of thiazole rings is 1. The molecular formula is C19H25N7S. The molecule has 1 aliphatic rings. The lowest BCUT2D eigenvalue weighted by Gasteiger charge is -2.33. The number of benzene rings is 1. The van der Waals surface area contributed by atoms with Gasteiger partial charge in [0.05, 0.1) is 12.2 Å². The number of aromatic nitrogens is 5. The van der Waals surface area contributed by atoms with Crippen LogP contribution in [0.1, 0.15) is 24.9 Å². The van der Waals surface area contributed by atoms with E-state index in [1.165, 1.54) is 11.3 Å². The molecule has 0 amide bonds. The Kier molecular flexibility index (Phi) is 5.86. The van der Waals surface area contributed by atoms with Crippen LogP contribution in [-0.4, -0.2) is 61.2 Å². The molecule has 3 heterocycles. The molecule has 8 heteroatoms. The van der Waals surface area contributed by atoms with E-state index in [0.29, 0.717) is 0 Å². The molecule has 4 rings (SSSR count). The van der Waals surface area contributed by atoms with Crippen molar-refractivity contribution in [2.75, 3.05) is 26.2 Å². The minimum atomic E-state index is 0.829. The van der Waals surface area contributed by atoms with E-state index in [2.05, 4.69) is 61.9 Å². The number of hydrogen-bond donors (Lipinski definition) is 0. The molecule has 0 saturated carbocycles. The third kappa shape index (κ3) is 4.58. The molecule has 3 aromatic rings. The van der Waals surface area contributed by atoms with Gasteiger partial charge in [0.2, 0.25) is 0 Å². The van der Waals surface area contributed by atoms with Crippen LogP contribution in [0, 0.1) is 0 Å². The molecule has 1 aromatic carbocycles. The summed E-state index contributed by atoms with van der Waals surface area (Å²) in [6.07, 6.45) is 1.05. The fraction of sp³-hybridized carbons (Fsp3) is 0.474. The number of aryl methyl sites for hydroxylation is 1. The minimum Gasteiger partial charge on any atom is -0.295 e. The zero-order valence-electron chi connectivity index (χ0n) is 15.7. The molecule has 0 spiro atoms. The van der Waals surface area contributed by atoms with Gasteiger partial charge in [-0.05, 0) is 16.8 Å². The Morgan fingerprint density at radius 2 is 1.74 bits per heavy atom. The summed E-state index contributed by atoms with van der Waals surface area (Å²) in [5, 5.41) is 15.4. The lowest BCUT2D eigenvalue weighted by molar-refractivity contribution is 0.117. The van der Waals surface area contributed by atoms with Crippen molar-refractivity contribution in [2.45, 2.75) is 33.0 Å². The van der Waals surface area contributed by atoms with Gasteiger partial charge in [-0.25, -0.2) is 9.67 Å². The zero-order chi connectivity index (χ0) is 18.5. The smallest absolute Gasteiger partial charge is 0.165 e. The third-order valence-electron chi connectivity index (χ3n) is 4.83. The van der Waals surface area contributed by atoms with Crippen LogP contribution < -0.4 is 0 Å². The van der Waals surface area contributed by atoms with Crippen LogP contribution in [0.15, 0.2) is 35.7 Å². The summed E-state index contributed by atoms with van der Waals surface area (Å²) in [4.78, 5) is 9.74. The fourth-order valence-corrected chi connectivity index (χ4v) is 4.17. The lowest BCUT2D eigenvalue weighted by atomic mass is 10.2. The second kappa shape index (κ2) is 8.69. The molecule has 0 radical (unpaired) electrons. The molecular weight excluding hydrogens is 358 g/mol. The highest BCUT2D eigenvalue weighted by Crippen LogP contribution is 2.24. The number of tetrazole rings is 1. The predicted octanol–water partition coefficient (Wildman–Crippen LogP) is 2.52. The molecule has 0 aliphatic carbocycles. The maximum Gasteiger partial charge on any atom is 0.165 e. The van der Waals surface area contributed by atoms with Crippen molar-refractivity contribution in [1.29, 1.82) is 0 Å². The van der Waals surface area contributed by atoms with Crippen LogP contribution >= 0.6 is 11.3 Å². The average molecular weight is 384 g/mol. The molecule has 1 saturated heterocycles. The summed E-state index contributed by atoms with van der Waals surface area (Å²) in [5.41, 5.74) is 2.36.